The number of aliphatic hydroxyl groups excluding tert-OH is 1. The van der Waals surface area contributed by atoms with Gasteiger partial charge in [0.1, 0.15) is 0 Å². The first-order valence-corrected chi connectivity index (χ1v) is 3.37. The highest BCUT2D eigenvalue weighted by Crippen LogP contribution is 2.00. The molecule has 1 rings (SSSR count). The normalized spacial score (nSPS) is 8.42. The highest BCUT2D eigenvalue weighted by Gasteiger charge is 1.91. The number of rotatable bonds is 1. The molecule has 1 heterocycles. The number of carbonyl (C=O) groups excluding carboxylic acids is 1. The summed E-state index contributed by atoms with van der Waals surface area (Å²) >= 11 is 0. The van der Waals surface area contributed by atoms with Gasteiger partial charge in [0.25, 0.3) is 0 Å². The number of pyridine rings is 1. The minimum atomic E-state index is -0.0659. The third-order valence-corrected chi connectivity index (χ3v) is 1.25. The summed E-state index contributed by atoms with van der Waals surface area (Å²) in [6.45, 7) is -0.0659. The summed E-state index contributed by atoms with van der Waals surface area (Å²) in [6.07, 6.45) is 3.60. The Balaban J connectivity index is 2.93. The van der Waals surface area contributed by atoms with Gasteiger partial charge in [0, 0.05) is 18.0 Å². The molecule has 0 unspecified atom stereocenters. The van der Waals surface area contributed by atoms with Crippen molar-refractivity contribution in [3.63, 3.8) is 0 Å². The lowest BCUT2D eigenvalue weighted by Crippen LogP contribution is -1.86. The first-order valence-electron chi connectivity index (χ1n) is 3.37. The second kappa shape index (κ2) is 4.27. The Morgan fingerprint density at radius 1 is 1.58 bits per heavy atom. The monoisotopic (exact) mass is 161 g/mol. The molecule has 0 radical (unpaired) electrons. The largest absolute Gasteiger partial charge is 0.392 e. The van der Waals surface area contributed by atoms with E-state index in [-0.39, 0.29) is 6.61 Å². The van der Waals surface area contributed by atoms with Crippen molar-refractivity contribution in [1.82, 2.24) is 4.98 Å². The van der Waals surface area contributed by atoms with Crippen molar-refractivity contribution in [1.29, 1.82) is 0 Å². The van der Waals surface area contributed by atoms with Gasteiger partial charge in [0.2, 0.25) is 0 Å². The van der Waals surface area contributed by atoms with Crippen molar-refractivity contribution in [3.05, 3.63) is 29.6 Å². The minimum Gasteiger partial charge on any atom is -0.392 e. The lowest BCUT2D eigenvalue weighted by molar-refractivity contribution is -0.103. The lowest BCUT2D eigenvalue weighted by Gasteiger charge is -1.93. The van der Waals surface area contributed by atoms with Crippen LogP contribution >= 0.6 is 0 Å². The molecule has 0 aromatic carbocycles. The van der Waals surface area contributed by atoms with Crippen LogP contribution in [0.25, 0.3) is 0 Å². The fourth-order valence-corrected chi connectivity index (χ4v) is 0.755. The van der Waals surface area contributed by atoms with Crippen LogP contribution in [0.2, 0.25) is 0 Å². The molecule has 0 saturated carbocycles. The first kappa shape index (κ1) is 8.44. The van der Waals surface area contributed by atoms with Crippen molar-refractivity contribution in [2.24, 2.45) is 0 Å². The fraction of sp³-hybridized carbons (Fsp3) is 0.111. The Labute approximate surface area is 70.1 Å². The maximum Gasteiger partial charge on any atom is 0.193 e. The zero-order chi connectivity index (χ0) is 8.81. The third-order valence-electron chi connectivity index (χ3n) is 1.25. The summed E-state index contributed by atoms with van der Waals surface area (Å²) in [5, 5.41) is 8.73. The SMILES string of the molecule is O=CC#Cc1cncc(CO)c1. The molecule has 0 fully saturated rings. The van der Waals surface area contributed by atoms with Gasteiger partial charge in [-0.15, -0.1) is 0 Å². The van der Waals surface area contributed by atoms with Crippen LogP contribution in [-0.4, -0.2) is 16.4 Å². The molecule has 0 aliphatic carbocycles. The van der Waals surface area contributed by atoms with Gasteiger partial charge in [-0.3, -0.25) is 9.78 Å². The number of hydrogen-bond donors (Lipinski definition) is 1. The molecule has 0 spiro atoms. The van der Waals surface area contributed by atoms with Crippen LogP contribution in [0.4, 0.5) is 0 Å². The van der Waals surface area contributed by atoms with Crippen molar-refractivity contribution >= 4 is 6.29 Å². The lowest BCUT2D eigenvalue weighted by atomic mass is 10.2. The summed E-state index contributed by atoms with van der Waals surface area (Å²) < 4.78 is 0. The maximum atomic E-state index is 9.89. The predicted octanol–water partition coefficient (Wildman–Crippen LogP) is 0.124. The minimum absolute atomic E-state index is 0.0659. The second-order valence-corrected chi connectivity index (χ2v) is 2.13. The molecule has 0 amide bonds. The molecule has 0 bridgehead atoms. The standard InChI is InChI=1S/C9H7NO2/c11-3-1-2-8-4-9(7-12)6-10-5-8/h3-6,12H,7H2. The zero-order valence-electron chi connectivity index (χ0n) is 6.32. The molecule has 3 heteroatoms. The van der Waals surface area contributed by atoms with Crippen molar-refractivity contribution in [2.45, 2.75) is 6.61 Å². The van der Waals surface area contributed by atoms with Crippen LogP contribution in [0.5, 0.6) is 0 Å². The van der Waals surface area contributed by atoms with E-state index in [4.69, 9.17) is 5.11 Å². The molecule has 60 valence electrons. The van der Waals surface area contributed by atoms with Gasteiger partial charge >= 0.3 is 0 Å². The van der Waals surface area contributed by atoms with Gasteiger partial charge in [0.15, 0.2) is 6.29 Å². The Morgan fingerprint density at radius 3 is 3.08 bits per heavy atom. The Kier molecular flexibility index (Phi) is 3.00. The van der Waals surface area contributed by atoms with E-state index in [1.54, 1.807) is 12.3 Å². The molecule has 3 nitrogen and oxygen atoms in total. The number of hydrogen-bond acceptors (Lipinski definition) is 3. The van der Waals surface area contributed by atoms with E-state index >= 15 is 0 Å². The second-order valence-electron chi connectivity index (χ2n) is 2.13. The van der Waals surface area contributed by atoms with Crippen LogP contribution < -0.4 is 0 Å². The molecule has 0 atom stereocenters. The molecular weight excluding hydrogens is 154 g/mol. The third kappa shape index (κ3) is 2.19. The Morgan fingerprint density at radius 2 is 2.42 bits per heavy atom. The van der Waals surface area contributed by atoms with E-state index < -0.39 is 0 Å². The highest BCUT2D eigenvalue weighted by atomic mass is 16.3. The molecule has 0 saturated heterocycles. The van der Waals surface area contributed by atoms with E-state index in [0.717, 1.165) is 0 Å². The van der Waals surface area contributed by atoms with Gasteiger partial charge in [-0.25, -0.2) is 0 Å². The molecule has 1 aromatic heterocycles. The average molecular weight is 161 g/mol. The molecule has 1 aromatic rings. The van der Waals surface area contributed by atoms with Gasteiger partial charge in [0.05, 0.1) is 6.61 Å². The van der Waals surface area contributed by atoms with Gasteiger partial charge in [-0.05, 0) is 17.6 Å². The van der Waals surface area contributed by atoms with E-state index in [2.05, 4.69) is 16.8 Å². The van der Waals surface area contributed by atoms with Crippen LogP contribution in [-0.2, 0) is 11.4 Å². The smallest absolute Gasteiger partial charge is 0.193 e. The van der Waals surface area contributed by atoms with Crippen LogP contribution in [0.3, 0.4) is 0 Å². The van der Waals surface area contributed by atoms with Crippen LogP contribution in [0.1, 0.15) is 11.1 Å². The first-order chi connectivity index (χ1) is 5.86. The van der Waals surface area contributed by atoms with Gasteiger partial charge in [-0.2, -0.15) is 0 Å². The van der Waals surface area contributed by atoms with Gasteiger partial charge < -0.3 is 5.11 Å². The molecular formula is C9H7NO2. The van der Waals surface area contributed by atoms with E-state index in [1.807, 2.05) is 0 Å². The summed E-state index contributed by atoms with van der Waals surface area (Å²) in [5.74, 6) is 4.84. The summed E-state index contributed by atoms with van der Waals surface area (Å²) in [4.78, 5) is 13.7. The quantitative estimate of drug-likeness (QED) is 0.470. The zero-order valence-corrected chi connectivity index (χ0v) is 6.32. The van der Waals surface area contributed by atoms with Crippen molar-refractivity contribution in [3.8, 4) is 11.8 Å². The van der Waals surface area contributed by atoms with Crippen LogP contribution in [0, 0.1) is 11.8 Å². The number of aldehydes is 1. The Bertz CT molecular complexity index is 336. The summed E-state index contributed by atoms with van der Waals surface area (Å²) in [7, 11) is 0. The molecule has 0 aliphatic rings. The molecule has 1 N–H and O–H groups in total. The Hall–Kier alpha value is -1.66. The number of aliphatic hydroxyl groups is 1. The highest BCUT2D eigenvalue weighted by molar-refractivity contribution is 5.73. The van der Waals surface area contributed by atoms with E-state index in [1.165, 1.54) is 6.20 Å². The van der Waals surface area contributed by atoms with Gasteiger partial charge in [-0.1, -0.05) is 5.92 Å². The van der Waals surface area contributed by atoms with Crippen molar-refractivity contribution in [2.75, 3.05) is 0 Å². The molecule has 0 aliphatic heterocycles. The summed E-state index contributed by atoms with van der Waals surface area (Å²) in [6, 6.07) is 1.68. The average Bonchev–Trinajstić information content (AvgIpc) is 2.15. The maximum absolute atomic E-state index is 9.89. The number of carbonyl (C=O) groups is 1. The topological polar surface area (TPSA) is 50.2 Å². The predicted molar refractivity (Wildman–Crippen MR) is 43.1 cm³/mol. The van der Waals surface area contributed by atoms with E-state index in [9.17, 15) is 4.79 Å². The van der Waals surface area contributed by atoms with E-state index in [0.29, 0.717) is 17.4 Å². The van der Waals surface area contributed by atoms with Crippen LogP contribution in [0.15, 0.2) is 18.5 Å². The number of aromatic nitrogens is 1. The molecule has 12 heavy (non-hydrogen) atoms. The summed E-state index contributed by atoms with van der Waals surface area (Å²) in [5.41, 5.74) is 1.32. The fourth-order valence-electron chi connectivity index (χ4n) is 0.755. The number of nitrogens with zero attached hydrogens (tertiary/aromatic N) is 1. The van der Waals surface area contributed by atoms with Crippen molar-refractivity contribution < 1.29 is 9.90 Å².